The third-order valence-corrected chi connectivity index (χ3v) is 7.94. The molecule has 1 saturated heterocycles. The van der Waals surface area contributed by atoms with E-state index in [-0.39, 0.29) is 23.1 Å². The Morgan fingerprint density at radius 1 is 1.03 bits per heavy atom. The maximum absolute atomic E-state index is 13.2. The van der Waals surface area contributed by atoms with E-state index in [1.807, 2.05) is 29.2 Å². The number of rotatable bonds is 5. The van der Waals surface area contributed by atoms with Gasteiger partial charge in [-0.1, -0.05) is 6.07 Å². The van der Waals surface area contributed by atoms with Gasteiger partial charge in [-0.25, -0.2) is 18.4 Å². The van der Waals surface area contributed by atoms with Gasteiger partial charge in [0.2, 0.25) is 0 Å². The Hall–Kier alpha value is -4.16. The molecule has 0 spiro atoms. The molecule has 36 heavy (non-hydrogen) atoms. The number of nitrogens with zero attached hydrogens (tertiary/aromatic N) is 5. The number of H-pyrrole nitrogens is 2. The molecule has 5 heterocycles. The first-order valence-electron chi connectivity index (χ1n) is 11.4. The van der Waals surface area contributed by atoms with Crippen LogP contribution in [0, 0.1) is 0 Å². The van der Waals surface area contributed by atoms with E-state index in [0.717, 1.165) is 27.4 Å². The highest BCUT2D eigenvalue weighted by molar-refractivity contribution is 7.91. The minimum Gasteiger partial charge on any atom is -0.320 e. The number of anilines is 1. The number of fused-ring (bicyclic) bond motifs is 2. The summed E-state index contributed by atoms with van der Waals surface area (Å²) in [4.78, 5) is 24.1. The normalized spacial score (nSPS) is 15.9. The van der Waals surface area contributed by atoms with Gasteiger partial charge in [-0.2, -0.15) is 10.2 Å². The van der Waals surface area contributed by atoms with Crippen LogP contribution in [0.2, 0.25) is 0 Å². The zero-order valence-corrected chi connectivity index (χ0v) is 19.9. The van der Waals surface area contributed by atoms with Crippen LogP contribution >= 0.6 is 0 Å². The van der Waals surface area contributed by atoms with Crippen molar-refractivity contribution in [1.82, 2.24) is 35.3 Å². The molecule has 11 nitrogen and oxygen atoms in total. The summed E-state index contributed by atoms with van der Waals surface area (Å²) in [5.74, 6) is -0.0551. The molecule has 6 rings (SSSR count). The van der Waals surface area contributed by atoms with Gasteiger partial charge in [0.25, 0.3) is 5.91 Å². The summed E-state index contributed by atoms with van der Waals surface area (Å²) in [5.41, 5.74) is 4.84. The van der Waals surface area contributed by atoms with Crippen molar-refractivity contribution < 1.29 is 13.2 Å². The highest BCUT2D eigenvalue weighted by Gasteiger charge is 2.22. The van der Waals surface area contributed by atoms with Crippen molar-refractivity contribution in [3.8, 4) is 11.1 Å². The van der Waals surface area contributed by atoms with Crippen molar-refractivity contribution in [3.63, 3.8) is 0 Å². The number of aromatic amines is 2. The van der Waals surface area contributed by atoms with Crippen LogP contribution in [0.5, 0.6) is 0 Å². The van der Waals surface area contributed by atoms with Crippen molar-refractivity contribution in [2.75, 3.05) is 29.9 Å². The van der Waals surface area contributed by atoms with Gasteiger partial charge in [0.15, 0.2) is 15.5 Å². The number of aromatic nitrogens is 6. The molecule has 1 aliphatic heterocycles. The Morgan fingerprint density at radius 2 is 1.83 bits per heavy atom. The summed E-state index contributed by atoms with van der Waals surface area (Å²) in [6, 6.07) is 11.1. The number of carbonyl (C=O) groups is 1. The highest BCUT2D eigenvalue weighted by atomic mass is 32.2. The van der Waals surface area contributed by atoms with Crippen LogP contribution in [0.3, 0.4) is 0 Å². The van der Waals surface area contributed by atoms with Crippen LogP contribution in [0.4, 0.5) is 5.69 Å². The lowest BCUT2D eigenvalue weighted by molar-refractivity contribution is 0.102. The summed E-state index contributed by atoms with van der Waals surface area (Å²) in [6.45, 7) is 1.41. The van der Waals surface area contributed by atoms with Crippen LogP contribution in [0.25, 0.3) is 33.1 Å². The fourth-order valence-corrected chi connectivity index (χ4v) is 5.71. The third-order valence-electron chi connectivity index (χ3n) is 6.33. The topological polar surface area (TPSA) is 150 Å². The van der Waals surface area contributed by atoms with Crippen molar-refractivity contribution in [1.29, 1.82) is 0 Å². The molecule has 4 aromatic heterocycles. The fraction of sp³-hybridized carbons (Fsp3) is 0.208. The number of nitrogens with one attached hydrogen (secondary N) is 3. The summed E-state index contributed by atoms with van der Waals surface area (Å²) in [5, 5.41) is 18.7. The largest absolute Gasteiger partial charge is 0.320 e. The van der Waals surface area contributed by atoms with Gasteiger partial charge in [-0.3, -0.25) is 19.9 Å². The summed E-state index contributed by atoms with van der Waals surface area (Å²) in [6.07, 6.45) is 5.10. The van der Waals surface area contributed by atoms with Gasteiger partial charge in [0, 0.05) is 36.6 Å². The number of hydrogen-bond donors (Lipinski definition) is 3. The van der Waals surface area contributed by atoms with Crippen molar-refractivity contribution in [3.05, 3.63) is 66.4 Å². The molecule has 1 aliphatic rings. The highest BCUT2D eigenvalue weighted by Crippen LogP contribution is 2.33. The second kappa shape index (κ2) is 8.81. The number of hydrogen-bond acceptors (Lipinski definition) is 8. The van der Waals surface area contributed by atoms with E-state index in [2.05, 4.69) is 35.7 Å². The lowest BCUT2D eigenvalue weighted by atomic mass is 10.0. The zero-order valence-electron chi connectivity index (χ0n) is 19.1. The second-order valence-corrected chi connectivity index (χ2v) is 11.0. The number of sulfone groups is 1. The molecule has 0 unspecified atom stereocenters. The first-order valence-corrected chi connectivity index (χ1v) is 13.2. The van der Waals surface area contributed by atoms with E-state index in [0.29, 0.717) is 36.7 Å². The maximum Gasteiger partial charge on any atom is 0.274 e. The minimum absolute atomic E-state index is 0.146. The summed E-state index contributed by atoms with van der Waals surface area (Å²) in [7, 11) is -2.95. The Kier molecular flexibility index (Phi) is 5.46. The quantitative estimate of drug-likeness (QED) is 0.332. The van der Waals surface area contributed by atoms with E-state index in [1.165, 1.54) is 0 Å². The zero-order chi connectivity index (χ0) is 24.7. The molecule has 0 bridgehead atoms. The van der Waals surface area contributed by atoms with Crippen LogP contribution in [0.1, 0.15) is 16.2 Å². The predicted octanol–water partition coefficient (Wildman–Crippen LogP) is 2.38. The van der Waals surface area contributed by atoms with Crippen molar-refractivity contribution in [2.45, 2.75) is 6.54 Å². The van der Waals surface area contributed by atoms with E-state index < -0.39 is 9.84 Å². The first-order chi connectivity index (χ1) is 17.4. The number of carbonyl (C=O) groups excluding carboxylic acids is 1. The molecule has 5 aromatic rings. The standard InChI is InChI=1S/C24H22N8O3S/c33-24(20-3-1-2-16(28-20)14-32-6-8-36(34,35)9-7-32)29-21-10-15(11-22-19(21)13-26-30-22)17-4-5-25-23-18(17)12-27-31-23/h1-5,10-13H,6-9,14H2,(H,26,30)(H,29,33)(H,25,27,31). The summed E-state index contributed by atoms with van der Waals surface area (Å²) < 4.78 is 23.4. The SMILES string of the molecule is O=C(Nc1cc(-c2ccnc3[nH]ncc23)cc2[nH]ncc12)c1cccc(CN2CCS(=O)(=O)CC2)n1. The second-order valence-electron chi connectivity index (χ2n) is 8.74. The van der Waals surface area contributed by atoms with Gasteiger partial charge in [0.1, 0.15) is 5.69 Å². The Balaban J connectivity index is 1.27. The Labute approximate surface area is 205 Å². The van der Waals surface area contributed by atoms with Crippen molar-refractivity contribution in [2.24, 2.45) is 0 Å². The molecule has 1 amide bonds. The third kappa shape index (κ3) is 4.32. The maximum atomic E-state index is 13.2. The molecule has 12 heteroatoms. The Bertz CT molecular complexity index is 1700. The first kappa shape index (κ1) is 22.3. The fourth-order valence-electron chi connectivity index (χ4n) is 4.43. The van der Waals surface area contributed by atoms with Gasteiger partial charge in [-0.05, 0) is 41.5 Å². The van der Waals surface area contributed by atoms with Crippen LogP contribution in [-0.4, -0.2) is 74.2 Å². The van der Waals surface area contributed by atoms with Gasteiger partial charge in [0.05, 0.1) is 40.8 Å². The average molecular weight is 503 g/mol. The number of pyridine rings is 2. The number of benzene rings is 1. The van der Waals surface area contributed by atoms with Gasteiger partial charge >= 0.3 is 0 Å². The molecule has 0 saturated carbocycles. The molecule has 0 aliphatic carbocycles. The monoisotopic (exact) mass is 502 g/mol. The predicted molar refractivity (Wildman–Crippen MR) is 135 cm³/mol. The van der Waals surface area contributed by atoms with E-state index in [9.17, 15) is 13.2 Å². The lowest BCUT2D eigenvalue weighted by Gasteiger charge is -2.26. The molecular formula is C24H22N8O3S. The number of amides is 1. The molecule has 182 valence electrons. The molecule has 1 fully saturated rings. The molecular weight excluding hydrogens is 480 g/mol. The van der Waals surface area contributed by atoms with Crippen LogP contribution in [-0.2, 0) is 16.4 Å². The van der Waals surface area contributed by atoms with Crippen LogP contribution < -0.4 is 5.32 Å². The summed E-state index contributed by atoms with van der Waals surface area (Å²) >= 11 is 0. The molecule has 1 aromatic carbocycles. The minimum atomic E-state index is -2.95. The smallest absolute Gasteiger partial charge is 0.274 e. The van der Waals surface area contributed by atoms with E-state index >= 15 is 0 Å². The van der Waals surface area contributed by atoms with E-state index in [4.69, 9.17) is 0 Å². The van der Waals surface area contributed by atoms with Gasteiger partial charge in [-0.15, -0.1) is 0 Å². The average Bonchev–Trinajstić information content (AvgIpc) is 3.55. The van der Waals surface area contributed by atoms with Crippen LogP contribution in [0.15, 0.2) is 55.0 Å². The molecule has 0 atom stereocenters. The molecule has 0 radical (unpaired) electrons. The Morgan fingerprint density at radius 3 is 2.69 bits per heavy atom. The van der Waals surface area contributed by atoms with Crippen molar-refractivity contribution >= 4 is 43.4 Å². The molecule has 3 N–H and O–H groups in total. The lowest BCUT2D eigenvalue weighted by Crippen LogP contribution is -2.39. The van der Waals surface area contributed by atoms with Gasteiger partial charge < -0.3 is 5.32 Å². The van der Waals surface area contributed by atoms with E-state index in [1.54, 1.807) is 30.7 Å².